The van der Waals surface area contributed by atoms with E-state index in [9.17, 15) is 8.78 Å². The zero-order valence-corrected chi connectivity index (χ0v) is 12.0. The van der Waals surface area contributed by atoms with Crippen LogP contribution in [0.25, 0.3) is 0 Å². The summed E-state index contributed by atoms with van der Waals surface area (Å²) in [6.45, 7) is 1.93. The van der Waals surface area contributed by atoms with E-state index in [1.54, 1.807) is 0 Å². The Morgan fingerprint density at radius 1 is 1.35 bits per heavy atom. The van der Waals surface area contributed by atoms with Crippen molar-refractivity contribution in [2.75, 3.05) is 0 Å². The van der Waals surface area contributed by atoms with E-state index in [1.807, 2.05) is 13.0 Å². The summed E-state index contributed by atoms with van der Waals surface area (Å²) in [6, 6.07) is 5.91. The van der Waals surface area contributed by atoms with Gasteiger partial charge in [0.1, 0.15) is 0 Å². The molecule has 17 heavy (non-hydrogen) atoms. The van der Waals surface area contributed by atoms with Crippen LogP contribution in [0.5, 0.6) is 0 Å². The summed E-state index contributed by atoms with van der Waals surface area (Å²) in [4.78, 5) is 0.792. The number of aryl methyl sites for hydroxylation is 1. The van der Waals surface area contributed by atoms with E-state index in [0.29, 0.717) is 0 Å². The molecule has 0 spiro atoms. The quantitative estimate of drug-likeness (QED) is 0.641. The lowest BCUT2D eigenvalue weighted by Gasteiger charge is -2.09. The highest BCUT2D eigenvalue weighted by atomic mass is 79.9. The Labute approximate surface area is 115 Å². The highest BCUT2D eigenvalue weighted by Crippen LogP contribution is 2.38. The van der Waals surface area contributed by atoms with Crippen molar-refractivity contribution in [3.05, 3.63) is 55.7 Å². The smallest absolute Gasteiger partial charge is 0.163 e. The molecular weight excluding hydrogens is 330 g/mol. The third-order valence-electron chi connectivity index (χ3n) is 2.38. The summed E-state index contributed by atoms with van der Waals surface area (Å²) >= 11 is 11.0. The Balaban J connectivity index is 2.43. The van der Waals surface area contributed by atoms with Crippen LogP contribution in [0.15, 0.2) is 28.1 Å². The van der Waals surface area contributed by atoms with Gasteiger partial charge in [-0.1, -0.05) is 12.1 Å². The van der Waals surface area contributed by atoms with Gasteiger partial charge in [0.15, 0.2) is 11.6 Å². The van der Waals surface area contributed by atoms with E-state index in [2.05, 4.69) is 15.9 Å². The van der Waals surface area contributed by atoms with Crippen molar-refractivity contribution < 1.29 is 8.78 Å². The first-order valence-electron chi connectivity index (χ1n) is 4.84. The molecule has 0 N–H and O–H groups in total. The van der Waals surface area contributed by atoms with Gasteiger partial charge in [0, 0.05) is 10.4 Å². The van der Waals surface area contributed by atoms with E-state index in [-0.39, 0.29) is 5.56 Å². The molecular formula is C12H8BrClF2S. The van der Waals surface area contributed by atoms with Crippen molar-refractivity contribution in [3.63, 3.8) is 0 Å². The molecule has 0 aliphatic heterocycles. The number of halogens is 4. The highest BCUT2D eigenvalue weighted by molar-refractivity contribution is 9.11. The molecule has 0 saturated carbocycles. The van der Waals surface area contributed by atoms with Gasteiger partial charge >= 0.3 is 0 Å². The summed E-state index contributed by atoms with van der Waals surface area (Å²) in [6.07, 6.45) is 0. The van der Waals surface area contributed by atoms with Crippen LogP contribution >= 0.6 is 38.9 Å². The van der Waals surface area contributed by atoms with E-state index in [4.69, 9.17) is 11.6 Å². The molecule has 1 aromatic heterocycles. The van der Waals surface area contributed by atoms with Crippen LogP contribution in [-0.4, -0.2) is 0 Å². The molecule has 90 valence electrons. The molecule has 1 unspecified atom stereocenters. The molecule has 0 nitrogen and oxygen atoms in total. The van der Waals surface area contributed by atoms with E-state index in [1.165, 1.54) is 23.5 Å². The largest absolute Gasteiger partial charge is 0.204 e. The fourth-order valence-corrected chi connectivity index (χ4v) is 3.41. The average Bonchev–Trinajstić information content (AvgIpc) is 2.62. The van der Waals surface area contributed by atoms with Gasteiger partial charge in [-0.15, -0.1) is 22.9 Å². The minimum Gasteiger partial charge on any atom is -0.204 e. The average molecular weight is 338 g/mol. The second kappa shape index (κ2) is 5.04. The Hall–Kier alpha value is -0.450. The van der Waals surface area contributed by atoms with Crippen molar-refractivity contribution in [1.82, 2.24) is 0 Å². The molecule has 0 bridgehead atoms. The number of alkyl halides is 1. The van der Waals surface area contributed by atoms with Gasteiger partial charge in [0.05, 0.1) is 9.16 Å². The zero-order chi connectivity index (χ0) is 12.6. The maximum absolute atomic E-state index is 13.6. The summed E-state index contributed by atoms with van der Waals surface area (Å²) in [5, 5.41) is -0.666. The highest BCUT2D eigenvalue weighted by Gasteiger charge is 2.20. The molecule has 0 saturated heterocycles. The van der Waals surface area contributed by atoms with Crippen LogP contribution < -0.4 is 0 Å². The molecule has 2 aromatic rings. The molecule has 1 heterocycles. The van der Waals surface area contributed by atoms with Gasteiger partial charge in [-0.2, -0.15) is 0 Å². The van der Waals surface area contributed by atoms with Crippen molar-refractivity contribution in [2.45, 2.75) is 12.3 Å². The zero-order valence-electron chi connectivity index (χ0n) is 8.81. The monoisotopic (exact) mass is 336 g/mol. The third kappa shape index (κ3) is 2.54. The van der Waals surface area contributed by atoms with Crippen molar-refractivity contribution >= 4 is 38.9 Å². The third-order valence-corrected chi connectivity index (χ3v) is 5.18. The molecule has 0 aliphatic rings. The maximum atomic E-state index is 13.6. The van der Waals surface area contributed by atoms with Gasteiger partial charge in [-0.3, -0.25) is 0 Å². The summed E-state index contributed by atoms with van der Waals surface area (Å²) < 4.78 is 27.6. The normalized spacial score (nSPS) is 12.8. The summed E-state index contributed by atoms with van der Waals surface area (Å²) in [7, 11) is 0. The first-order chi connectivity index (χ1) is 8.00. The first kappa shape index (κ1) is 13.0. The van der Waals surface area contributed by atoms with Crippen LogP contribution in [0.4, 0.5) is 8.78 Å². The molecule has 0 aliphatic carbocycles. The standard InChI is InChI=1S/C12H8BrClF2S/c1-6-5-9(17-12(6)13)10(14)7-3-2-4-8(15)11(7)16/h2-5,10H,1H3. The van der Waals surface area contributed by atoms with Gasteiger partial charge in [-0.05, 0) is 40.5 Å². The molecule has 0 amide bonds. The molecule has 1 aromatic carbocycles. The van der Waals surface area contributed by atoms with Crippen molar-refractivity contribution in [2.24, 2.45) is 0 Å². The fraction of sp³-hybridized carbons (Fsp3) is 0.167. The Morgan fingerprint density at radius 2 is 2.06 bits per heavy atom. The number of thiophene rings is 1. The second-order valence-electron chi connectivity index (χ2n) is 3.61. The van der Waals surface area contributed by atoms with Gasteiger partial charge in [0.25, 0.3) is 0 Å². The van der Waals surface area contributed by atoms with Gasteiger partial charge in [-0.25, -0.2) is 8.78 Å². The number of benzene rings is 1. The van der Waals surface area contributed by atoms with Crippen molar-refractivity contribution in [3.8, 4) is 0 Å². The number of hydrogen-bond acceptors (Lipinski definition) is 1. The Bertz CT molecular complexity index is 534. The Kier molecular flexibility index (Phi) is 3.85. The van der Waals surface area contributed by atoms with Crippen LogP contribution in [0.1, 0.15) is 21.4 Å². The van der Waals surface area contributed by atoms with E-state index < -0.39 is 17.0 Å². The van der Waals surface area contributed by atoms with E-state index in [0.717, 1.165) is 20.3 Å². The molecule has 0 fully saturated rings. The lowest BCUT2D eigenvalue weighted by Crippen LogP contribution is -1.97. The number of hydrogen-bond donors (Lipinski definition) is 0. The summed E-state index contributed by atoms with van der Waals surface area (Å²) in [5.74, 6) is -1.75. The summed E-state index contributed by atoms with van der Waals surface area (Å²) in [5.41, 5.74) is 1.20. The van der Waals surface area contributed by atoms with Gasteiger partial charge < -0.3 is 0 Å². The van der Waals surface area contributed by atoms with Crippen LogP contribution in [0.2, 0.25) is 0 Å². The SMILES string of the molecule is Cc1cc(C(Cl)c2cccc(F)c2F)sc1Br. The minimum atomic E-state index is -0.880. The van der Waals surface area contributed by atoms with Gasteiger partial charge in [0.2, 0.25) is 0 Å². The maximum Gasteiger partial charge on any atom is 0.163 e. The first-order valence-corrected chi connectivity index (χ1v) is 6.89. The predicted octanol–water partition coefficient (Wildman–Crippen LogP) is 5.43. The topological polar surface area (TPSA) is 0 Å². The fourth-order valence-electron chi connectivity index (χ4n) is 1.48. The molecule has 0 radical (unpaired) electrons. The Morgan fingerprint density at radius 3 is 2.65 bits per heavy atom. The lowest BCUT2D eigenvalue weighted by atomic mass is 10.1. The van der Waals surface area contributed by atoms with Crippen molar-refractivity contribution in [1.29, 1.82) is 0 Å². The molecule has 2 rings (SSSR count). The van der Waals surface area contributed by atoms with Crippen LogP contribution in [-0.2, 0) is 0 Å². The van der Waals surface area contributed by atoms with E-state index >= 15 is 0 Å². The number of rotatable bonds is 2. The minimum absolute atomic E-state index is 0.167. The molecule has 5 heteroatoms. The second-order valence-corrected chi connectivity index (χ2v) is 6.45. The lowest BCUT2D eigenvalue weighted by molar-refractivity contribution is 0.500. The van der Waals surface area contributed by atoms with Crippen LogP contribution in [0.3, 0.4) is 0 Å². The predicted molar refractivity (Wildman–Crippen MR) is 70.8 cm³/mol. The van der Waals surface area contributed by atoms with Crippen LogP contribution in [0, 0.1) is 18.6 Å². The molecule has 1 atom stereocenters.